The molecular weight excluding hydrogens is 262 g/mol. The predicted octanol–water partition coefficient (Wildman–Crippen LogP) is 3.08. The second-order valence-electron chi connectivity index (χ2n) is 4.98. The fourth-order valence-electron chi connectivity index (χ4n) is 2.31. The molecule has 0 aliphatic rings. The Hall–Kier alpha value is -2.62. The van der Waals surface area contributed by atoms with Crippen LogP contribution in [0.5, 0.6) is 0 Å². The summed E-state index contributed by atoms with van der Waals surface area (Å²) in [6.07, 6.45) is 5.04. The number of imidazole rings is 1. The molecule has 0 aliphatic heterocycles. The van der Waals surface area contributed by atoms with Crippen molar-refractivity contribution >= 4 is 17.2 Å². The number of anilines is 1. The molecule has 4 heteroatoms. The number of benzene rings is 1. The number of hydrogen-bond donors (Lipinski definition) is 1. The van der Waals surface area contributed by atoms with Gasteiger partial charge in [-0.25, -0.2) is 4.98 Å². The van der Waals surface area contributed by atoms with Gasteiger partial charge in [-0.05, 0) is 36.2 Å². The zero-order valence-electron chi connectivity index (χ0n) is 11.9. The number of hydrogen-bond acceptors (Lipinski definition) is 2. The number of aromatic nitrogens is 2. The minimum absolute atomic E-state index is 0.0494. The smallest absolute Gasteiger partial charge is 0.230 e. The molecule has 1 amide bonds. The van der Waals surface area contributed by atoms with Crippen molar-refractivity contribution < 1.29 is 4.79 Å². The maximum Gasteiger partial charge on any atom is 0.230 e. The Balaban J connectivity index is 1.70. The van der Waals surface area contributed by atoms with Crippen molar-refractivity contribution in [2.75, 3.05) is 5.32 Å². The van der Waals surface area contributed by atoms with Gasteiger partial charge in [0.2, 0.25) is 5.91 Å². The van der Waals surface area contributed by atoms with Crippen molar-refractivity contribution in [2.24, 2.45) is 0 Å². The predicted molar refractivity (Wildman–Crippen MR) is 83.3 cm³/mol. The topological polar surface area (TPSA) is 46.4 Å². The average molecular weight is 279 g/mol. The van der Waals surface area contributed by atoms with E-state index in [1.807, 2.05) is 53.2 Å². The molecule has 1 aromatic carbocycles. The quantitative estimate of drug-likeness (QED) is 0.797. The molecule has 0 aliphatic carbocycles. The lowest BCUT2D eigenvalue weighted by Crippen LogP contribution is -2.14. The molecule has 3 aromatic rings. The standard InChI is InChI=1S/C17H17N3O/c1-2-13-6-5-7-14(10-13)19-17(21)11-15-12-20-9-4-3-8-16(20)18-15/h3-10,12H,2,11H2,1H3,(H,19,21). The Morgan fingerprint density at radius 1 is 1.24 bits per heavy atom. The van der Waals surface area contributed by atoms with Crippen LogP contribution in [0, 0.1) is 0 Å². The fourth-order valence-corrected chi connectivity index (χ4v) is 2.31. The molecule has 0 fully saturated rings. The molecule has 1 N–H and O–H groups in total. The fraction of sp³-hybridized carbons (Fsp3) is 0.176. The highest BCUT2D eigenvalue weighted by Gasteiger charge is 2.08. The van der Waals surface area contributed by atoms with Crippen LogP contribution in [0.2, 0.25) is 0 Å². The third-order valence-electron chi connectivity index (χ3n) is 3.37. The highest BCUT2D eigenvalue weighted by atomic mass is 16.1. The van der Waals surface area contributed by atoms with Crippen LogP contribution in [0.15, 0.2) is 54.9 Å². The number of aryl methyl sites for hydroxylation is 1. The zero-order valence-corrected chi connectivity index (χ0v) is 11.9. The van der Waals surface area contributed by atoms with Crippen molar-refractivity contribution in [2.45, 2.75) is 19.8 Å². The number of nitrogens with one attached hydrogen (secondary N) is 1. The highest BCUT2D eigenvalue weighted by Crippen LogP contribution is 2.12. The van der Waals surface area contributed by atoms with Gasteiger partial charge in [0, 0.05) is 18.1 Å². The van der Waals surface area contributed by atoms with E-state index in [-0.39, 0.29) is 12.3 Å². The van der Waals surface area contributed by atoms with Crippen LogP contribution < -0.4 is 5.32 Å². The van der Waals surface area contributed by atoms with Crippen LogP contribution in [-0.4, -0.2) is 15.3 Å². The van der Waals surface area contributed by atoms with Crippen molar-refractivity contribution in [3.05, 3.63) is 66.1 Å². The number of nitrogens with zero attached hydrogens (tertiary/aromatic N) is 2. The molecule has 0 unspecified atom stereocenters. The van der Waals surface area contributed by atoms with Crippen LogP contribution in [0.25, 0.3) is 5.65 Å². The Morgan fingerprint density at radius 2 is 2.14 bits per heavy atom. The van der Waals surface area contributed by atoms with Crippen LogP contribution in [0.3, 0.4) is 0 Å². The first-order chi connectivity index (χ1) is 10.2. The van der Waals surface area contributed by atoms with Gasteiger partial charge >= 0.3 is 0 Å². The second-order valence-corrected chi connectivity index (χ2v) is 4.98. The highest BCUT2D eigenvalue weighted by molar-refractivity contribution is 5.92. The van der Waals surface area contributed by atoms with E-state index < -0.39 is 0 Å². The summed E-state index contributed by atoms with van der Waals surface area (Å²) < 4.78 is 1.92. The molecule has 2 aromatic heterocycles. The number of carbonyl (C=O) groups is 1. The molecule has 0 saturated heterocycles. The second kappa shape index (κ2) is 5.79. The molecule has 2 heterocycles. The summed E-state index contributed by atoms with van der Waals surface area (Å²) in [4.78, 5) is 16.5. The van der Waals surface area contributed by atoms with E-state index in [2.05, 4.69) is 23.3 Å². The van der Waals surface area contributed by atoms with Gasteiger partial charge < -0.3 is 9.72 Å². The average Bonchev–Trinajstić information content (AvgIpc) is 2.89. The Kier molecular flexibility index (Phi) is 3.69. The summed E-state index contributed by atoms with van der Waals surface area (Å²) >= 11 is 0. The lowest BCUT2D eigenvalue weighted by atomic mass is 10.1. The lowest BCUT2D eigenvalue weighted by molar-refractivity contribution is -0.115. The van der Waals surface area contributed by atoms with E-state index >= 15 is 0 Å². The van der Waals surface area contributed by atoms with Gasteiger partial charge in [0.1, 0.15) is 5.65 Å². The van der Waals surface area contributed by atoms with Crippen LogP contribution in [-0.2, 0) is 17.6 Å². The van der Waals surface area contributed by atoms with E-state index in [1.54, 1.807) is 0 Å². The Morgan fingerprint density at radius 3 is 2.95 bits per heavy atom. The van der Waals surface area contributed by atoms with Crippen LogP contribution >= 0.6 is 0 Å². The van der Waals surface area contributed by atoms with Gasteiger partial charge in [0.25, 0.3) is 0 Å². The maximum atomic E-state index is 12.1. The molecule has 0 spiro atoms. The summed E-state index contributed by atoms with van der Waals surface area (Å²) in [6, 6.07) is 13.7. The molecule has 4 nitrogen and oxygen atoms in total. The summed E-state index contributed by atoms with van der Waals surface area (Å²) in [5.74, 6) is -0.0494. The first-order valence-corrected chi connectivity index (χ1v) is 7.06. The van der Waals surface area contributed by atoms with Crippen molar-refractivity contribution in [3.63, 3.8) is 0 Å². The first-order valence-electron chi connectivity index (χ1n) is 7.06. The zero-order chi connectivity index (χ0) is 14.7. The number of rotatable bonds is 4. The normalized spacial score (nSPS) is 10.7. The summed E-state index contributed by atoms with van der Waals surface area (Å²) in [5.41, 5.74) is 3.67. The third kappa shape index (κ3) is 3.11. The number of carbonyl (C=O) groups excluding carboxylic acids is 1. The van der Waals surface area contributed by atoms with E-state index in [0.29, 0.717) is 0 Å². The van der Waals surface area contributed by atoms with Gasteiger partial charge in [0.05, 0.1) is 12.1 Å². The van der Waals surface area contributed by atoms with E-state index in [9.17, 15) is 4.79 Å². The van der Waals surface area contributed by atoms with Crippen molar-refractivity contribution in [3.8, 4) is 0 Å². The third-order valence-corrected chi connectivity index (χ3v) is 3.37. The van der Waals surface area contributed by atoms with E-state index in [4.69, 9.17) is 0 Å². The minimum Gasteiger partial charge on any atom is -0.326 e. The van der Waals surface area contributed by atoms with Gasteiger partial charge in [0.15, 0.2) is 0 Å². The van der Waals surface area contributed by atoms with Gasteiger partial charge in [-0.3, -0.25) is 4.79 Å². The Labute approximate surface area is 123 Å². The molecule has 21 heavy (non-hydrogen) atoms. The largest absolute Gasteiger partial charge is 0.326 e. The minimum atomic E-state index is -0.0494. The van der Waals surface area contributed by atoms with E-state index in [0.717, 1.165) is 23.4 Å². The summed E-state index contributed by atoms with van der Waals surface area (Å²) in [5, 5.41) is 2.92. The van der Waals surface area contributed by atoms with Gasteiger partial charge in [-0.1, -0.05) is 25.1 Å². The van der Waals surface area contributed by atoms with Crippen molar-refractivity contribution in [1.82, 2.24) is 9.38 Å². The molecular formula is C17H17N3O. The number of amides is 1. The summed E-state index contributed by atoms with van der Waals surface area (Å²) in [7, 11) is 0. The molecule has 0 saturated carbocycles. The molecule has 106 valence electrons. The van der Waals surface area contributed by atoms with Crippen LogP contribution in [0.1, 0.15) is 18.2 Å². The first kappa shape index (κ1) is 13.4. The molecule has 3 rings (SSSR count). The molecule has 0 atom stereocenters. The van der Waals surface area contributed by atoms with Crippen LogP contribution in [0.4, 0.5) is 5.69 Å². The van der Waals surface area contributed by atoms with Crippen molar-refractivity contribution in [1.29, 1.82) is 0 Å². The molecule has 0 bridgehead atoms. The molecule has 0 radical (unpaired) electrons. The SMILES string of the molecule is CCc1cccc(NC(=O)Cc2cn3ccccc3n2)c1. The summed E-state index contributed by atoms with van der Waals surface area (Å²) in [6.45, 7) is 2.09. The Bertz CT molecular complexity index is 743. The number of fused-ring (bicyclic) bond motifs is 1. The van der Waals surface area contributed by atoms with Gasteiger partial charge in [-0.15, -0.1) is 0 Å². The van der Waals surface area contributed by atoms with E-state index in [1.165, 1.54) is 5.56 Å². The van der Waals surface area contributed by atoms with Gasteiger partial charge in [-0.2, -0.15) is 0 Å². The maximum absolute atomic E-state index is 12.1. The lowest BCUT2D eigenvalue weighted by Gasteiger charge is -2.05. The number of pyridine rings is 1. The monoisotopic (exact) mass is 279 g/mol.